The molecule has 0 aliphatic carbocycles. The highest BCUT2D eigenvalue weighted by molar-refractivity contribution is 7.99. The van der Waals surface area contributed by atoms with Crippen LogP contribution in [0.5, 0.6) is 0 Å². The molecule has 3 heterocycles. The van der Waals surface area contributed by atoms with Crippen LogP contribution < -0.4 is 9.62 Å². The van der Waals surface area contributed by atoms with Crippen molar-refractivity contribution in [2.75, 3.05) is 42.1 Å². The summed E-state index contributed by atoms with van der Waals surface area (Å²) in [5.74, 6) is 0.152. The maximum Gasteiger partial charge on any atom is 0.300 e. The van der Waals surface area contributed by atoms with Gasteiger partial charge >= 0.3 is 0 Å². The quantitative estimate of drug-likeness (QED) is 0.679. The van der Waals surface area contributed by atoms with Gasteiger partial charge in [-0.3, -0.25) is 4.79 Å². The fourth-order valence-corrected chi connectivity index (χ4v) is 3.51. The fourth-order valence-electron chi connectivity index (χ4n) is 3.13. The van der Waals surface area contributed by atoms with E-state index in [1.807, 2.05) is 47.6 Å². The van der Waals surface area contributed by atoms with Gasteiger partial charge in [-0.25, -0.2) is 4.98 Å². The Balaban J connectivity index is 1.33. The SMILES string of the molecule is CSNc1ccc(CC(=O)N2CCN(c3nc4ncccc4o3)CC2)cc1. The molecule has 4 rings (SSSR count). The number of nitrogens with one attached hydrogen (secondary N) is 1. The Morgan fingerprint density at radius 2 is 1.96 bits per heavy atom. The van der Waals surface area contributed by atoms with Crippen LogP contribution in [0.15, 0.2) is 47.0 Å². The smallest absolute Gasteiger partial charge is 0.300 e. The number of rotatable bonds is 5. The Kier molecular flexibility index (Phi) is 5.15. The lowest BCUT2D eigenvalue weighted by Gasteiger charge is -2.33. The summed E-state index contributed by atoms with van der Waals surface area (Å²) in [6.45, 7) is 2.73. The van der Waals surface area contributed by atoms with E-state index in [9.17, 15) is 4.79 Å². The van der Waals surface area contributed by atoms with Crippen molar-refractivity contribution in [3.63, 3.8) is 0 Å². The molecule has 0 radical (unpaired) electrons. The van der Waals surface area contributed by atoms with Crippen LogP contribution >= 0.6 is 11.9 Å². The first-order valence-electron chi connectivity index (χ1n) is 8.85. The maximum absolute atomic E-state index is 12.6. The summed E-state index contributed by atoms with van der Waals surface area (Å²) in [6, 6.07) is 12.3. The second kappa shape index (κ2) is 7.87. The van der Waals surface area contributed by atoms with Crippen molar-refractivity contribution in [2.45, 2.75) is 6.42 Å². The highest BCUT2D eigenvalue weighted by Gasteiger charge is 2.24. The second-order valence-corrected chi connectivity index (χ2v) is 6.98. The Hall–Kier alpha value is -2.74. The third-order valence-electron chi connectivity index (χ3n) is 4.59. The molecule has 0 spiro atoms. The van der Waals surface area contributed by atoms with Crippen molar-refractivity contribution >= 4 is 40.8 Å². The Morgan fingerprint density at radius 1 is 1.19 bits per heavy atom. The molecule has 1 saturated heterocycles. The first-order valence-corrected chi connectivity index (χ1v) is 10.1. The molecule has 8 heteroatoms. The van der Waals surface area contributed by atoms with Gasteiger partial charge in [0.1, 0.15) is 0 Å². The van der Waals surface area contributed by atoms with E-state index < -0.39 is 0 Å². The van der Waals surface area contributed by atoms with E-state index in [0.29, 0.717) is 49.8 Å². The molecule has 2 aromatic heterocycles. The number of anilines is 2. The molecule has 0 bridgehead atoms. The number of aromatic nitrogens is 2. The number of oxazole rings is 1. The van der Waals surface area contributed by atoms with Crippen LogP contribution in [0, 0.1) is 0 Å². The average molecular weight is 383 g/mol. The molecule has 1 N–H and O–H groups in total. The molecule has 1 aliphatic heterocycles. The van der Waals surface area contributed by atoms with Gasteiger partial charge in [0.2, 0.25) is 11.6 Å². The van der Waals surface area contributed by atoms with Gasteiger partial charge in [-0.05, 0) is 29.8 Å². The molecule has 1 amide bonds. The molecule has 3 aromatic rings. The Bertz CT molecular complexity index is 886. The summed E-state index contributed by atoms with van der Waals surface area (Å²) in [7, 11) is 0. The van der Waals surface area contributed by atoms with Crippen LogP contribution in [0.25, 0.3) is 11.2 Å². The van der Waals surface area contributed by atoms with Gasteiger partial charge in [-0.2, -0.15) is 4.98 Å². The molecule has 1 fully saturated rings. The van der Waals surface area contributed by atoms with Crippen molar-refractivity contribution in [3.05, 3.63) is 48.2 Å². The predicted octanol–water partition coefficient (Wildman–Crippen LogP) is 2.80. The minimum absolute atomic E-state index is 0.152. The van der Waals surface area contributed by atoms with Crippen LogP contribution in [0.4, 0.5) is 11.7 Å². The molecule has 0 saturated carbocycles. The second-order valence-electron chi connectivity index (χ2n) is 6.37. The van der Waals surface area contributed by atoms with Crippen LogP contribution in [0.2, 0.25) is 0 Å². The van der Waals surface area contributed by atoms with Crippen molar-refractivity contribution < 1.29 is 9.21 Å². The summed E-state index contributed by atoms with van der Waals surface area (Å²) in [5, 5.41) is 0. The van der Waals surface area contributed by atoms with Gasteiger partial charge in [-0.15, -0.1) is 0 Å². The number of hydrogen-bond acceptors (Lipinski definition) is 7. The van der Waals surface area contributed by atoms with E-state index in [1.54, 1.807) is 18.1 Å². The molecular formula is C19H21N5O2S. The zero-order chi connectivity index (χ0) is 18.6. The number of amides is 1. The predicted molar refractivity (Wildman–Crippen MR) is 108 cm³/mol. The average Bonchev–Trinajstić information content (AvgIpc) is 3.14. The van der Waals surface area contributed by atoms with E-state index in [-0.39, 0.29) is 5.91 Å². The number of carbonyl (C=O) groups is 1. The lowest BCUT2D eigenvalue weighted by Crippen LogP contribution is -2.49. The third-order valence-corrected chi connectivity index (χ3v) is 5.03. The number of carbonyl (C=O) groups excluding carboxylic acids is 1. The van der Waals surface area contributed by atoms with E-state index in [0.717, 1.165) is 11.3 Å². The monoisotopic (exact) mass is 383 g/mol. The summed E-state index contributed by atoms with van der Waals surface area (Å²) in [6.07, 6.45) is 4.11. The third kappa shape index (κ3) is 4.00. The molecule has 27 heavy (non-hydrogen) atoms. The van der Waals surface area contributed by atoms with E-state index in [4.69, 9.17) is 4.42 Å². The number of pyridine rings is 1. The highest BCUT2D eigenvalue weighted by atomic mass is 32.2. The summed E-state index contributed by atoms with van der Waals surface area (Å²) < 4.78 is 8.95. The minimum atomic E-state index is 0.152. The molecule has 0 atom stereocenters. The van der Waals surface area contributed by atoms with Crippen molar-refractivity contribution in [1.29, 1.82) is 0 Å². The first-order chi connectivity index (χ1) is 13.2. The number of fused-ring (bicyclic) bond motifs is 1. The van der Waals surface area contributed by atoms with Gasteiger partial charge in [0.25, 0.3) is 6.01 Å². The molecule has 140 valence electrons. The lowest BCUT2D eigenvalue weighted by molar-refractivity contribution is -0.130. The summed E-state index contributed by atoms with van der Waals surface area (Å²) in [4.78, 5) is 25.2. The van der Waals surface area contributed by atoms with Gasteiger partial charge in [-0.1, -0.05) is 24.1 Å². The van der Waals surface area contributed by atoms with Crippen molar-refractivity contribution in [2.24, 2.45) is 0 Å². The maximum atomic E-state index is 12.6. The Morgan fingerprint density at radius 3 is 2.67 bits per heavy atom. The van der Waals surface area contributed by atoms with Crippen molar-refractivity contribution in [1.82, 2.24) is 14.9 Å². The van der Waals surface area contributed by atoms with Gasteiger partial charge < -0.3 is 18.9 Å². The molecule has 7 nitrogen and oxygen atoms in total. The van der Waals surface area contributed by atoms with Crippen molar-refractivity contribution in [3.8, 4) is 0 Å². The highest BCUT2D eigenvalue weighted by Crippen LogP contribution is 2.21. The van der Waals surface area contributed by atoms with Crippen LogP contribution in [-0.2, 0) is 11.2 Å². The summed E-state index contributed by atoms with van der Waals surface area (Å²) in [5.41, 5.74) is 3.37. The molecule has 1 aromatic carbocycles. The Labute approximate surface area is 161 Å². The van der Waals surface area contributed by atoms with E-state index in [2.05, 4.69) is 19.6 Å². The minimum Gasteiger partial charge on any atom is -0.422 e. The standard InChI is InChI=1S/C19H21N5O2S/c1-27-22-15-6-4-14(5-7-15)13-17(25)23-9-11-24(12-10-23)19-21-18-16(26-19)3-2-8-20-18/h2-8,22H,9-13H2,1H3. The van der Waals surface area contributed by atoms with Crippen LogP contribution in [0.3, 0.4) is 0 Å². The number of benzene rings is 1. The zero-order valence-electron chi connectivity index (χ0n) is 15.1. The zero-order valence-corrected chi connectivity index (χ0v) is 15.9. The first kappa shape index (κ1) is 17.7. The fraction of sp³-hybridized carbons (Fsp3) is 0.316. The normalized spacial score (nSPS) is 14.6. The van der Waals surface area contributed by atoms with Gasteiger partial charge in [0, 0.05) is 44.3 Å². The lowest BCUT2D eigenvalue weighted by atomic mass is 10.1. The van der Waals surface area contributed by atoms with Crippen LogP contribution in [0.1, 0.15) is 5.56 Å². The largest absolute Gasteiger partial charge is 0.422 e. The summed E-state index contributed by atoms with van der Waals surface area (Å²) >= 11 is 1.55. The number of nitrogens with zero attached hydrogens (tertiary/aromatic N) is 4. The van der Waals surface area contributed by atoms with E-state index in [1.165, 1.54) is 0 Å². The topological polar surface area (TPSA) is 74.5 Å². The molecule has 1 aliphatic rings. The number of hydrogen-bond donors (Lipinski definition) is 1. The van der Waals surface area contributed by atoms with E-state index >= 15 is 0 Å². The van der Waals surface area contributed by atoms with Crippen LogP contribution in [-0.4, -0.2) is 53.2 Å². The molecule has 0 unspecified atom stereocenters. The van der Waals surface area contributed by atoms with Gasteiger partial charge in [0.15, 0.2) is 5.58 Å². The van der Waals surface area contributed by atoms with Gasteiger partial charge in [0.05, 0.1) is 6.42 Å². The molecular weight excluding hydrogens is 362 g/mol. The number of piperazine rings is 1.